The first-order valence-electron chi connectivity index (χ1n) is 6.99. The van der Waals surface area contributed by atoms with Crippen molar-refractivity contribution in [2.75, 3.05) is 26.8 Å². The summed E-state index contributed by atoms with van der Waals surface area (Å²) >= 11 is 0. The van der Waals surface area contributed by atoms with Gasteiger partial charge in [-0.1, -0.05) is 13.8 Å². The summed E-state index contributed by atoms with van der Waals surface area (Å²) in [4.78, 5) is 2.43. The Labute approximate surface area is 106 Å². The van der Waals surface area contributed by atoms with E-state index in [-0.39, 0.29) is 6.10 Å². The van der Waals surface area contributed by atoms with Gasteiger partial charge in [-0.3, -0.25) is 4.90 Å². The van der Waals surface area contributed by atoms with Gasteiger partial charge in [0, 0.05) is 19.7 Å². The van der Waals surface area contributed by atoms with Crippen LogP contribution in [0.4, 0.5) is 0 Å². The molecule has 3 nitrogen and oxygen atoms in total. The zero-order valence-electron chi connectivity index (χ0n) is 11.9. The molecule has 1 aliphatic carbocycles. The number of rotatable bonds is 6. The van der Waals surface area contributed by atoms with Gasteiger partial charge in [0.05, 0.1) is 12.7 Å². The van der Waals surface area contributed by atoms with Gasteiger partial charge in [-0.2, -0.15) is 0 Å². The highest BCUT2D eigenvalue weighted by Crippen LogP contribution is 2.29. The maximum absolute atomic E-state index is 10.1. The Morgan fingerprint density at radius 1 is 1.41 bits per heavy atom. The Balaban J connectivity index is 2.48. The third-order valence-corrected chi connectivity index (χ3v) is 4.11. The minimum Gasteiger partial charge on any atom is -0.393 e. The minimum atomic E-state index is -0.102. The molecule has 0 aromatic heterocycles. The highest BCUT2D eigenvalue weighted by Gasteiger charge is 2.29. The second-order valence-corrected chi connectivity index (χ2v) is 5.64. The summed E-state index contributed by atoms with van der Waals surface area (Å²) in [5.74, 6) is 1.21. The van der Waals surface area contributed by atoms with E-state index in [0.717, 1.165) is 38.5 Å². The normalized spacial score (nSPS) is 31.8. The summed E-state index contributed by atoms with van der Waals surface area (Å²) in [6, 6.07) is 0.439. The van der Waals surface area contributed by atoms with E-state index in [0.29, 0.717) is 12.0 Å². The molecule has 102 valence electrons. The smallest absolute Gasteiger partial charge is 0.0615 e. The summed E-state index contributed by atoms with van der Waals surface area (Å²) in [7, 11) is 1.75. The van der Waals surface area contributed by atoms with Crippen LogP contribution in [0.3, 0.4) is 0 Å². The fraction of sp³-hybridized carbons (Fsp3) is 1.00. The molecule has 17 heavy (non-hydrogen) atoms. The van der Waals surface area contributed by atoms with Crippen molar-refractivity contribution in [1.82, 2.24) is 4.90 Å². The van der Waals surface area contributed by atoms with Gasteiger partial charge in [0.2, 0.25) is 0 Å². The van der Waals surface area contributed by atoms with Crippen LogP contribution in [0, 0.1) is 11.8 Å². The lowest BCUT2D eigenvalue weighted by molar-refractivity contribution is 0.0143. The molecule has 1 N–H and O–H groups in total. The molecule has 1 rings (SSSR count). The topological polar surface area (TPSA) is 32.7 Å². The molecule has 0 heterocycles. The molecule has 0 amide bonds. The van der Waals surface area contributed by atoms with Crippen LogP contribution in [0.15, 0.2) is 0 Å². The number of hydrogen-bond donors (Lipinski definition) is 1. The maximum atomic E-state index is 10.1. The van der Waals surface area contributed by atoms with Crippen molar-refractivity contribution in [3.63, 3.8) is 0 Å². The first-order chi connectivity index (χ1) is 8.08. The first kappa shape index (κ1) is 14.9. The monoisotopic (exact) mass is 243 g/mol. The molecule has 0 bridgehead atoms. The van der Waals surface area contributed by atoms with Crippen molar-refractivity contribution in [3.8, 4) is 0 Å². The summed E-state index contributed by atoms with van der Waals surface area (Å²) in [5, 5.41) is 10.1. The van der Waals surface area contributed by atoms with Crippen LogP contribution >= 0.6 is 0 Å². The van der Waals surface area contributed by atoms with Gasteiger partial charge in [0.1, 0.15) is 0 Å². The second kappa shape index (κ2) is 7.34. The average molecular weight is 243 g/mol. The van der Waals surface area contributed by atoms with Crippen molar-refractivity contribution in [1.29, 1.82) is 0 Å². The van der Waals surface area contributed by atoms with Crippen molar-refractivity contribution < 1.29 is 9.84 Å². The van der Waals surface area contributed by atoms with Gasteiger partial charge in [0.15, 0.2) is 0 Å². The van der Waals surface area contributed by atoms with Gasteiger partial charge in [-0.25, -0.2) is 0 Å². The maximum Gasteiger partial charge on any atom is 0.0615 e. The lowest BCUT2D eigenvalue weighted by Gasteiger charge is -2.37. The van der Waals surface area contributed by atoms with Crippen LogP contribution in [-0.4, -0.2) is 49.0 Å². The average Bonchev–Trinajstić information content (AvgIpc) is 2.30. The highest BCUT2D eigenvalue weighted by molar-refractivity contribution is 4.81. The number of aliphatic hydroxyl groups is 1. The number of hydrogen-bond acceptors (Lipinski definition) is 3. The predicted octanol–water partition coefficient (Wildman–Crippen LogP) is 2.14. The molecule has 3 heteroatoms. The van der Waals surface area contributed by atoms with Gasteiger partial charge in [-0.05, 0) is 44.6 Å². The highest BCUT2D eigenvalue weighted by atomic mass is 16.5. The minimum absolute atomic E-state index is 0.102. The molecule has 0 aromatic carbocycles. The molecule has 1 aliphatic rings. The molecule has 0 saturated heterocycles. The summed E-state index contributed by atoms with van der Waals surface area (Å²) in [6.07, 6.45) is 3.21. The van der Waals surface area contributed by atoms with Crippen molar-refractivity contribution in [3.05, 3.63) is 0 Å². The van der Waals surface area contributed by atoms with E-state index < -0.39 is 0 Å². The van der Waals surface area contributed by atoms with E-state index in [1.165, 1.54) is 6.42 Å². The summed E-state index contributed by atoms with van der Waals surface area (Å²) in [5.41, 5.74) is 0. The Morgan fingerprint density at radius 3 is 2.71 bits per heavy atom. The van der Waals surface area contributed by atoms with Crippen LogP contribution in [0.2, 0.25) is 0 Å². The fourth-order valence-corrected chi connectivity index (χ4v) is 2.95. The Morgan fingerprint density at radius 2 is 2.12 bits per heavy atom. The molecule has 0 aromatic rings. The van der Waals surface area contributed by atoms with Crippen LogP contribution in [0.25, 0.3) is 0 Å². The van der Waals surface area contributed by atoms with E-state index in [1.807, 2.05) is 0 Å². The number of methoxy groups -OCH3 is 1. The van der Waals surface area contributed by atoms with E-state index >= 15 is 0 Å². The molecule has 1 fully saturated rings. The number of ether oxygens (including phenoxy) is 1. The van der Waals surface area contributed by atoms with Gasteiger partial charge < -0.3 is 9.84 Å². The van der Waals surface area contributed by atoms with E-state index in [1.54, 1.807) is 7.11 Å². The van der Waals surface area contributed by atoms with Crippen LogP contribution in [0.5, 0.6) is 0 Å². The summed E-state index contributed by atoms with van der Waals surface area (Å²) < 4.78 is 5.22. The predicted molar refractivity (Wildman–Crippen MR) is 71.1 cm³/mol. The molecule has 4 atom stereocenters. The number of nitrogens with zero attached hydrogens (tertiary/aromatic N) is 1. The SMILES string of the molecule is CCN(CC1CC(C)CCC1O)C(C)COC. The quantitative estimate of drug-likeness (QED) is 0.776. The molecule has 0 radical (unpaired) electrons. The van der Waals surface area contributed by atoms with Crippen LogP contribution in [-0.2, 0) is 4.74 Å². The third kappa shape index (κ3) is 4.57. The van der Waals surface area contributed by atoms with E-state index in [2.05, 4.69) is 25.7 Å². The van der Waals surface area contributed by atoms with Gasteiger partial charge >= 0.3 is 0 Å². The Kier molecular flexibility index (Phi) is 6.45. The first-order valence-corrected chi connectivity index (χ1v) is 6.99. The molecular formula is C14H29NO2. The van der Waals surface area contributed by atoms with E-state index in [9.17, 15) is 5.11 Å². The van der Waals surface area contributed by atoms with E-state index in [4.69, 9.17) is 4.74 Å². The molecular weight excluding hydrogens is 214 g/mol. The number of aliphatic hydroxyl groups excluding tert-OH is 1. The standard InChI is InChI=1S/C14H29NO2/c1-5-15(12(3)10-17-4)9-13-8-11(2)6-7-14(13)16/h11-14,16H,5-10H2,1-4H3. The fourth-order valence-electron chi connectivity index (χ4n) is 2.95. The zero-order valence-corrected chi connectivity index (χ0v) is 11.9. The summed E-state index contributed by atoms with van der Waals surface area (Å²) in [6.45, 7) is 9.49. The Bertz CT molecular complexity index is 210. The molecule has 0 spiro atoms. The lowest BCUT2D eigenvalue weighted by Crippen LogP contribution is -2.43. The lowest BCUT2D eigenvalue weighted by atomic mass is 9.80. The second-order valence-electron chi connectivity index (χ2n) is 5.64. The third-order valence-electron chi connectivity index (χ3n) is 4.11. The molecule has 1 saturated carbocycles. The number of likely N-dealkylation sites (N-methyl/N-ethyl adjacent to an activating group) is 1. The van der Waals surface area contributed by atoms with Gasteiger partial charge in [0.25, 0.3) is 0 Å². The largest absolute Gasteiger partial charge is 0.393 e. The van der Waals surface area contributed by atoms with Crippen molar-refractivity contribution in [2.45, 2.75) is 52.2 Å². The van der Waals surface area contributed by atoms with Crippen LogP contribution in [0.1, 0.15) is 40.0 Å². The van der Waals surface area contributed by atoms with Gasteiger partial charge in [-0.15, -0.1) is 0 Å². The Hall–Kier alpha value is -0.120. The van der Waals surface area contributed by atoms with Crippen molar-refractivity contribution in [2.24, 2.45) is 11.8 Å². The molecule has 0 aliphatic heterocycles. The zero-order chi connectivity index (χ0) is 12.8. The van der Waals surface area contributed by atoms with Crippen LogP contribution < -0.4 is 0 Å². The molecule has 4 unspecified atom stereocenters. The van der Waals surface area contributed by atoms with Crippen molar-refractivity contribution >= 4 is 0 Å².